The SMILES string of the molecule is CCOCCOc1cc(Cl)nc2ncnn12. The maximum atomic E-state index is 5.82. The lowest BCUT2D eigenvalue weighted by atomic mass is 10.6. The van der Waals surface area contributed by atoms with Crippen LogP contribution in [0.1, 0.15) is 6.92 Å². The van der Waals surface area contributed by atoms with Crippen LogP contribution in [0.15, 0.2) is 12.4 Å². The number of fused-ring (bicyclic) bond motifs is 1. The highest BCUT2D eigenvalue weighted by Crippen LogP contribution is 2.16. The molecule has 0 unspecified atom stereocenters. The third-order valence-electron chi connectivity index (χ3n) is 1.87. The van der Waals surface area contributed by atoms with Crippen LogP contribution >= 0.6 is 11.6 Å². The minimum absolute atomic E-state index is 0.326. The van der Waals surface area contributed by atoms with Crippen LogP contribution in [-0.2, 0) is 4.74 Å². The van der Waals surface area contributed by atoms with Crippen LogP contribution in [0.25, 0.3) is 5.78 Å². The van der Waals surface area contributed by atoms with E-state index in [1.165, 1.54) is 10.8 Å². The quantitative estimate of drug-likeness (QED) is 0.582. The summed E-state index contributed by atoms with van der Waals surface area (Å²) in [6.07, 6.45) is 1.40. The fourth-order valence-electron chi connectivity index (χ4n) is 1.21. The Kier molecular flexibility index (Phi) is 3.53. The van der Waals surface area contributed by atoms with Crippen LogP contribution in [0, 0.1) is 0 Å². The standard InChI is InChI=1S/C9H11ClN4O2/c1-2-15-3-4-16-8-5-7(10)13-9-11-6-12-14(8)9/h5-6H,2-4H2,1H3. The van der Waals surface area contributed by atoms with E-state index in [1.54, 1.807) is 6.07 Å². The highest BCUT2D eigenvalue weighted by atomic mass is 35.5. The van der Waals surface area contributed by atoms with Crippen molar-refractivity contribution in [3.05, 3.63) is 17.5 Å². The second-order valence-corrected chi connectivity index (χ2v) is 3.32. The largest absolute Gasteiger partial charge is 0.475 e. The van der Waals surface area contributed by atoms with E-state index in [1.807, 2.05) is 6.92 Å². The van der Waals surface area contributed by atoms with Gasteiger partial charge in [-0.1, -0.05) is 11.6 Å². The maximum absolute atomic E-state index is 5.82. The lowest BCUT2D eigenvalue weighted by molar-refractivity contribution is 0.107. The topological polar surface area (TPSA) is 61.5 Å². The van der Waals surface area contributed by atoms with Crippen molar-refractivity contribution in [1.82, 2.24) is 19.6 Å². The van der Waals surface area contributed by atoms with E-state index in [4.69, 9.17) is 21.1 Å². The molecule has 0 amide bonds. The van der Waals surface area contributed by atoms with Gasteiger partial charge in [0.15, 0.2) is 0 Å². The summed E-state index contributed by atoms with van der Waals surface area (Å²) >= 11 is 5.82. The first-order valence-corrected chi connectivity index (χ1v) is 5.26. The molecule has 0 aliphatic carbocycles. The molecule has 0 saturated carbocycles. The minimum atomic E-state index is 0.326. The van der Waals surface area contributed by atoms with E-state index in [0.717, 1.165) is 0 Å². The highest BCUT2D eigenvalue weighted by Gasteiger charge is 2.06. The Morgan fingerprint density at radius 2 is 2.31 bits per heavy atom. The van der Waals surface area contributed by atoms with Gasteiger partial charge in [-0.15, -0.1) is 0 Å². The predicted octanol–water partition coefficient (Wildman–Crippen LogP) is 1.19. The number of halogens is 1. The van der Waals surface area contributed by atoms with Crippen molar-refractivity contribution >= 4 is 17.4 Å². The van der Waals surface area contributed by atoms with Gasteiger partial charge in [0.1, 0.15) is 18.1 Å². The summed E-state index contributed by atoms with van der Waals surface area (Å²) in [4.78, 5) is 7.91. The normalized spacial score (nSPS) is 10.9. The summed E-state index contributed by atoms with van der Waals surface area (Å²) in [6, 6.07) is 1.59. The van der Waals surface area contributed by atoms with Crippen LogP contribution in [0.3, 0.4) is 0 Å². The van der Waals surface area contributed by atoms with Gasteiger partial charge in [-0.05, 0) is 6.92 Å². The zero-order valence-corrected chi connectivity index (χ0v) is 9.52. The van der Waals surface area contributed by atoms with Crippen LogP contribution in [0.5, 0.6) is 5.88 Å². The van der Waals surface area contributed by atoms with E-state index in [9.17, 15) is 0 Å². The van der Waals surface area contributed by atoms with Crippen molar-refractivity contribution in [3.63, 3.8) is 0 Å². The fraction of sp³-hybridized carbons (Fsp3) is 0.444. The van der Waals surface area contributed by atoms with Gasteiger partial charge in [0.25, 0.3) is 5.78 Å². The summed E-state index contributed by atoms with van der Waals surface area (Å²) in [5.41, 5.74) is 0. The molecule has 2 aromatic heterocycles. The molecular formula is C9H11ClN4O2. The molecule has 16 heavy (non-hydrogen) atoms. The first kappa shape index (κ1) is 11.1. The second kappa shape index (κ2) is 5.09. The summed E-state index contributed by atoms with van der Waals surface area (Å²) in [6.45, 7) is 3.55. The van der Waals surface area contributed by atoms with Gasteiger partial charge < -0.3 is 9.47 Å². The summed E-state index contributed by atoms with van der Waals surface area (Å²) < 4.78 is 12.1. The van der Waals surface area contributed by atoms with Gasteiger partial charge in [-0.25, -0.2) is 0 Å². The molecule has 0 atom stereocenters. The summed E-state index contributed by atoms with van der Waals surface area (Å²) in [7, 11) is 0. The Hall–Kier alpha value is -1.40. The third-order valence-corrected chi connectivity index (χ3v) is 2.06. The van der Waals surface area contributed by atoms with E-state index >= 15 is 0 Å². The molecular weight excluding hydrogens is 232 g/mol. The van der Waals surface area contributed by atoms with Crippen molar-refractivity contribution in [3.8, 4) is 5.88 Å². The second-order valence-electron chi connectivity index (χ2n) is 2.93. The smallest absolute Gasteiger partial charge is 0.256 e. The Morgan fingerprint density at radius 1 is 1.44 bits per heavy atom. The summed E-state index contributed by atoms with van der Waals surface area (Å²) in [5, 5.41) is 4.30. The number of aromatic nitrogens is 4. The number of ether oxygens (including phenoxy) is 2. The van der Waals surface area contributed by atoms with Crippen molar-refractivity contribution in [1.29, 1.82) is 0 Å². The fourth-order valence-corrected chi connectivity index (χ4v) is 1.38. The Bertz CT molecular complexity index is 473. The Balaban J connectivity index is 2.12. The molecule has 0 spiro atoms. The number of hydrogen-bond acceptors (Lipinski definition) is 5. The monoisotopic (exact) mass is 242 g/mol. The molecule has 0 aromatic carbocycles. The molecule has 2 heterocycles. The van der Waals surface area contributed by atoms with Crippen LogP contribution in [-0.4, -0.2) is 39.4 Å². The van der Waals surface area contributed by atoms with Gasteiger partial charge in [-0.2, -0.15) is 19.6 Å². The van der Waals surface area contributed by atoms with Crippen molar-refractivity contribution < 1.29 is 9.47 Å². The van der Waals surface area contributed by atoms with E-state index in [-0.39, 0.29) is 0 Å². The van der Waals surface area contributed by atoms with E-state index in [0.29, 0.717) is 36.6 Å². The van der Waals surface area contributed by atoms with E-state index < -0.39 is 0 Å². The molecule has 0 N–H and O–H groups in total. The Morgan fingerprint density at radius 3 is 3.12 bits per heavy atom. The minimum Gasteiger partial charge on any atom is -0.475 e. The summed E-state index contributed by atoms with van der Waals surface area (Å²) in [5.74, 6) is 0.922. The zero-order chi connectivity index (χ0) is 11.4. The average molecular weight is 243 g/mol. The molecule has 0 fully saturated rings. The highest BCUT2D eigenvalue weighted by molar-refractivity contribution is 6.29. The van der Waals surface area contributed by atoms with Gasteiger partial charge in [0, 0.05) is 12.7 Å². The maximum Gasteiger partial charge on any atom is 0.256 e. The van der Waals surface area contributed by atoms with Crippen LogP contribution in [0.4, 0.5) is 0 Å². The molecule has 86 valence electrons. The molecule has 0 aliphatic rings. The van der Waals surface area contributed by atoms with Crippen LogP contribution in [0.2, 0.25) is 5.15 Å². The average Bonchev–Trinajstić information content (AvgIpc) is 2.72. The Labute approximate surface area is 97.2 Å². The lowest BCUT2D eigenvalue weighted by Crippen LogP contribution is -2.09. The zero-order valence-electron chi connectivity index (χ0n) is 8.76. The molecule has 0 radical (unpaired) electrons. The van der Waals surface area contributed by atoms with E-state index in [2.05, 4.69) is 15.1 Å². The van der Waals surface area contributed by atoms with Gasteiger partial charge in [0.05, 0.1) is 6.61 Å². The van der Waals surface area contributed by atoms with Crippen molar-refractivity contribution in [2.75, 3.05) is 19.8 Å². The molecule has 2 aromatic rings. The first-order chi connectivity index (χ1) is 7.81. The van der Waals surface area contributed by atoms with Crippen molar-refractivity contribution in [2.45, 2.75) is 6.92 Å². The molecule has 0 saturated heterocycles. The van der Waals surface area contributed by atoms with Crippen molar-refractivity contribution in [2.24, 2.45) is 0 Å². The molecule has 0 bridgehead atoms. The molecule has 6 nitrogen and oxygen atoms in total. The van der Waals surface area contributed by atoms with Gasteiger partial charge in [-0.3, -0.25) is 0 Å². The number of rotatable bonds is 5. The predicted molar refractivity (Wildman–Crippen MR) is 57.8 cm³/mol. The lowest BCUT2D eigenvalue weighted by Gasteiger charge is -2.07. The van der Waals surface area contributed by atoms with Gasteiger partial charge in [0.2, 0.25) is 5.88 Å². The molecule has 7 heteroatoms. The third kappa shape index (κ3) is 2.40. The molecule has 2 rings (SSSR count). The molecule has 0 aliphatic heterocycles. The van der Waals surface area contributed by atoms with Crippen LogP contribution < -0.4 is 4.74 Å². The first-order valence-electron chi connectivity index (χ1n) is 4.88. The number of nitrogens with zero attached hydrogens (tertiary/aromatic N) is 4. The van der Waals surface area contributed by atoms with Gasteiger partial charge >= 0.3 is 0 Å². The number of hydrogen-bond donors (Lipinski definition) is 0.